The Kier molecular flexibility index (Phi) is 6.81. The standard InChI is InChI=1S/C16H14BrF2N3O3S/c1-22(16(25)12-4-5-13(17)26-12)8-15(24)20-7-14(23)21-9-2-3-10(18)11(19)6-9/h2-6H,7-8H2,1H3,(H,20,24)(H,21,23). The van der Waals surface area contributed by atoms with Crippen LogP contribution >= 0.6 is 27.3 Å². The van der Waals surface area contributed by atoms with Gasteiger partial charge in [-0.3, -0.25) is 14.4 Å². The molecule has 2 aromatic rings. The minimum atomic E-state index is -1.09. The smallest absolute Gasteiger partial charge is 0.264 e. The van der Waals surface area contributed by atoms with Gasteiger partial charge in [-0.15, -0.1) is 11.3 Å². The summed E-state index contributed by atoms with van der Waals surface area (Å²) in [6.45, 7) is -0.600. The molecule has 26 heavy (non-hydrogen) atoms. The van der Waals surface area contributed by atoms with Crippen LogP contribution in [0.1, 0.15) is 9.67 Å². The highest BCUT2D eigenvalue weighted by molar-refractivity contribution is 9.11. The van der Waals surface area contributed by atoms with Crippen LogP contribution in [0.5, 0.6) is 0 Å². The second-order valence-corrected chi connectivity index (χ2v) is 7.68. The van der Waals surface area contributed by atoms with Crippen LogP contribution in [0.4, 0.5) is 14.5 Å². The summed E-state index contributed by atoms with van der Waals surface area (Å²) in [5.41, 5.74) is 0.0683. The molecular formula is C16H14BrF2N3O3S. The lowest BCUT2D eigenvalue weighted by atomic mass is 10.3. The molecule has 138 valence electrons. The van der Waals surface area contributed by atoms with E-state index in [0.717, 1.165) is 15.9 Å². The molecule has 0 radical (unpaired) electrons. The van der Waals surface area contributed by atoms with E-state index in [2.05, 4.69) is 26.6 Å². The van der Waals surface area contributed by atoms with Crippen LogP contribution in [0.3, 0.4) is 0 Å². The number of carbonyl (C=O) groups excluding carboxylic acids is 3. The normalized spacial score (nSPS) is 10.3. The average molecular weight is 446 g/mol. The summed E-state index contributed by atoms with van der Waals surface area (Å²) in [5, 5.41) is 4.68. The molecule has 0 aliphatic rings. The first-order valence-electron chi connectivity index (χ1n) is 7.28. The Hall–Kier alpha value is -2.33. The van der Waals surface area contributed by atoms with Gasteiger partial charge in [0.1, 0.15) is 0 Å². The number of nitrogens with one attached hydrogen (secondary N) is 2. The van der Waals surface area contributed by atoms with Crippen molar-refractivity contribution in [1.29, 1.82) is 0 Å². The Bertz CT molecular complexity index is 844. The van der Waals surface area contributed by atoms with E-state index in [9.17, 15) is 23.2 Å². The van der Waals surface area contributed by atoms with Crippen molar-refractivity contribution < 1.29 is 23.2 Å². The number of hydrogen-bond donors (Lipinski definition) is 2. The fraction of sp³-hybridized carbons (Fsp3) is 0.188. The van der Waals surface area contributed by atoms with Gasteiger partial charge in [-0.2, -0.15) is 0 Å². The van der Waals surface area contributed by atoms with Crippen LogP contribution in [-0.2, 0) is 9.59 Å². The highest BCUT2D eigenvalue weighted by Gasteiger charge is 2.17. The van der Waals surface area contributed by atoms with Gasteiger partial charge in [-0.25, -0.2) is 8.78 Å². The number of anilines is 1. The van der Waals surface area contributed by atoms with E-state index in [0.29, 0.717) is 4.88 Å². The summed E-state index contributed by atoms with van der Waals surface area (Å²) in [6, 6.07) is 6.28. The molecule has 0 fully saturated rings. The minimum absolute atomic E-state index is 0.0683. The summed E-state index contributed by atoms with van der Waals surface area (Å²) in [5.74, 6) is -3.58. The summed E-state index contributed by atoms with van der Waals surface area (Å²) in [4.78, 5) is 37.4. The van der Waals surface area contributed by atoms with Crippen molar-refractivity contribution in [3.05, 3.63) is 50.6 Å². The highest BCUT2D eigenvalue weighted by atomic mass is 79.9. The van der Waals surface area contributed by atoms with E-state index < -0.39 is 23.4 Å². The molecule has 6 nitrogen and oxygen atoms in total. The fourth-order valence-electron chi connectivity index (χ4n) is 1.92. The van der Waals surface area contributed by atoms with Crippen molar-refractivity contribution in [3.63, 3.8) is 0 Å². The van der Waals surface area contributed by atoms with Crippen LogP contribution in [0.15, 0.2) is 34.1 Å². The Balaban J connectivity index is 1.79. The molecule has 0 aliphatic carbocycles. The molecule has 0 atom stereocenters. The first kappa shape index (κ1) is 20.0. The van der Waals surface area contributed by atoms with Crippen LogP contribution in [0, 0.1) is 11.6 Å². The van der Waals surface area contributed by atoms with Crippen molar-refractivity contribution >= 4 is 50.7 Å². The largest absolute Gasteiger partial charge is 0.345 e. The molecular weight excluding hydrogens is 432 g/mol. The zero-order chi connectivity index (χ0) is 19.3. The van der Waals surface area contributed by atoms with E-state index in [1.54, 1.807) is 12.1 Å². The number of likely N-dealkylation sites (N-methyl/N-ethyl adjacent to an activating group) is 1. The molecule has 0 bridgehead atoms. The molecule has 3 amide bonds. The maximum absolute atomic E-state index is 13.1. The third-order valence-corrected chi connectivity index (χ3v) is 4.77. The number of hydrogen-bond acceptors (Lipinski definition) is 4. The predicted octanol–water partition coefficient (Wildman–Crippen LogP) is 2.62. The van der Waals surface area contributed by atoms with Crippen LogP contribution in [-0.4, -0.2) is 42.8 Å². The molecule has 2 N–H and O–H groups in total. The monoisotopic (exact) mass is 445 g/mol. The lowest BCUT2D eigenvalue weighted by Gasteiger charge is -2.15. The Labute approximate surface area is 160 Å². The van der Waals surface area contributed by atoms with E-state index in [4.69, 9.17) is 0 Å². The van der Waals surface area contributed by atoms with Crippen molar-refractivity contribution in [1.82, 2.24) is 10.2 Å². The van der Waals surface area contributed by atoms with E-state index in [1.807, 2.05) is 0 Å². The SMILES string of the molecule is CN(CC(=O)NCC(=O)Nc1ccc(F)c(F)c1)C(=O)c1ccc(Br)s1. The van der Waals surface area contributed by atoms with Gasteiger partial charge in [0, 0.05) is 18.8 Å². The van der Waals surface area contributed by atoms with Crippen LogP contribution < -0.4 is 10.6 Å². The zero-order valence-electron chi connectivity index (χ0n) is 13.5. The van der Waals surface area contributed by atoms with Crippen LogP contribution in [0.25, 0.3) is 0 Å². The molecule has 0 saturated heterocycles. The number of thiophene rings is 1. The fourth-order valence-corrected chi connectivity index (χ4v) is 3.30. The lowest BCUT2D eigenvalue weighted by Crippen LogP contribution is -2.41. The van der Waals surface area contributed by atoms with Crippen molar-refractivity contribution in [3.8, 4) is 0 Å². The van der Waals surface area contributed by atoms with Gasteiger partial charge < -0.3 is 15.5 Å². The average Bonchev–Trinajstić information content (AvgIpc) is 3.02. The molecule has 0 spiro atoms. The second-order valence-electron chi connectivity index (χ2n) is 5.22. The first-order valence-corrected chi connectivity index (χ1v) is 8.89. The number of halogens is 3. The van der Waals surface area contributed by atoms with E-state index >= 15 is 0 Å². The molecule has 0 aliphatic heterocycles. The van der Waals surface area contributed by atoms with Gasteiger partial charge in [-0.1, -0.05) is 0 Å². The maximum atomic E-state index is 13.1. The van der Waals surface area contributed by atoms with Crippen molar-refractivity contribution in [2.24, 2.45) is 0 Å². The second kappa shape index (κ2) is 8.86. The number of carbonyl (C=O) groups is 3. The summed E-state index contributed by atoms with van der Waals surface area (Å²) < 4.78 is 26.7. The summed E-state index contributed by atoms with van der Waals surface area (Å²) >= 11 is 4.50. The maximum Gasteiger partial charge on any atom is 0.264 e. The molecule has 1 heterocycles. The molecule has 2 rings (SSSR count). The molecule has 1 aromatic heterocycles. The molecule has 1 aromatic carbocycles. The lowest BCUT2D eigenvalue weighted by molar-refractivity contribution is -0.124. The van der Waals surface area contributed by atoms with Crippen molar-refractivity contribution in [2.75, 3.05) is 25.5 Å². The molecule has 0 unspecified atom stereocenters. The Morgan fingerprint density at radius 2 is 1.85 bits per heavy atom. The Morgan fingerprint density at radius 3 is 2.46 bits per heavy atom. The predicted molar refractivity (Wildman–Crippen MR) is 97.0 cm³/mol. The number of rotatable bonds is 6. The minimum Gasteiger partial charge on any atom is -0.345 e. The molecule has 0 saturated carbocycles. The van der Waals surface area contributed by atoms with Crippen LogP contribution in [0.2, 0.25) is 0 Å². The van der Waals surface area contributed by atoms with E-state index in [1.165, 1.54) is 29.4 Å². The van der Waals surface area contributed by atoms with E-state index in [-0.39, 0.29) is 24.7 Å². The first-order chi connectivity index (χ1) is 12.3. The molecule has 10 heteroatoms. The third-order valence-electron chi connectivity index (χ3n) is 3.16. The van der Waals surface area contributed by atoms with Crippen molar-refractivity contribution in [2.45, 2.75) is 0 Å². The summed E-state index contributed by atoms with van der Waals surface area (Å²) in [7, 11) is 1.47. The van der Waals surface area contributed by atoms with Gasteiger partial charge in [0.05, 0.1) is 21.8 Å². The zero-order valence-corrected chi connectivity index (χ0v) is 15.9. The number of nitrogens with zero attached hydrogens (tertiary/aromatic N) is 1. The topological polar surface area (TPSA) is 78.5 Å². The Morgan fingerprint density at radius 1 is 1.12 bits per heavy atom. The van der Waals surface area contributed by atoms with Gasteiger partial charge in [-0.05, 0) is 40.2 Å². The third kappa shape index (κ3) is 5.60. The number of benzene rings is 1. The quantitative estimate of drug-likeness (QED) is 0.717. The van der Waals surface area contributed by atoms with Gasteiger partial charge >= 0.3 is 0 Å². The number of amides is 3. The summed E-state index contributed by atoms with van der Waals surface area (Å²) in [6.07, 6.45) is 0. The van der Waals surface area contributed by atoms with Gasteiger partial charge in [0.15, 0.2) is 11.6 Å². The highest BCUT2D eigenvalue weighted by Crippen LogP contribution is 2.22. The van der Waals surface area contributed by atoms with Gasteiger partial charge in [0.2, 0.25) is 11.8 Å². The van der Waals surface area contributed by atoms with Gasteiger partial charge in [0.25, 0.3) is 5.91 Å².